The van der Waals surface area contributed by atoms with E-state index in [1.54, 1.807) is 0 Å². The molecule has 0 aromatic heterocycles. The summed E-state index contributed by atoms with van der Waals surface area (Å²) in [6, 6.07) is 21.1. The molecule has 0 radical (unpaired) electrons. The Morgan fingerprint density at radius 1 is 0.733 bits per heavy atom. The quantitative estimate of drug-likeness (QED) is 0.665. The zero-order chi connectivity index (χ0) is 10.5. The van der Waals surface area contributed by atoms with Crippen LogP contribution in [0, 0.1) is 0 Å². The van der Waals surface area contributed by atoms with Crippen molar-refractivity contribution < 1.29 is 4.12 Å². The topological polar surface area (TPSA) is 9.23 Å². The summed E-state index contributed by atoms with van der Waals surface area (Å²) in [6.45, 7) is 0. The molecular weight excluding hydrogens is 216 g/mol. The van der Waals surface area contributed by atoms with Crippen molar-refractivity contribution in [3.8, 4) is 0 Å². The van der Waals surface area contributed by atoms with Crippen LogP contribution in [0.2, 0.25) is 0 Å². The number of benzene rings is 2. The third kappa shape index (κ3) is 2.44. The molecule has 0 bridgehead atoms. The fraction of sp³-hybridized carbons (Fsp3) is 0. The Kier molecular flexibility index (Phi) is 3.50. The molecule has 0 N–H and O–H groups in total. The van der Waals surface area contributed by atoms with Crippen LogP contribution < -0.4 is 10.4 Å². The van der Waals surface area contributed by atoms with Gasteiger partial charge in [-0.15, -0.1) is 0 Å². The maximum Gasteiger partial charge on any atom is 0.227 e. The predicted octanol–water partition coefficient (Wildman–Crippen LogP) is -0.178. The Balaban J connectivity index is 2.34. The molecule has 0 spiro atoms. The van der Waals surface area contributed by atoms with Gasteiger partial charge in [-0.05, 0) is 10.4 Å². The molecule has 0 fully saturated rings. The highest BCUT2D eigenvalue weighted by Crippen LogP contribution is 1.92. The normalized spacial score (nSPS) is 10.7. The van der Waals surface area contributed by atoms with Crippen LogP contribution in [0.25, 0.3) is 0 Å². The molecule has 0 amide bonds. The Morgan fingerprint density at radius 2 is 1.13 bits per heavy atom. The van der Waals surface area contributed by atoms with Crippen molar-refractivity contribution in [2.24, 2.45) is 0 Å². The van der Waals surface area contributed by atoms with Crippen LogP contribution >= 0.6 is 0 Å². The molecule has 2 aromatic carbocycles. The smallest absolute Gasteiger partial charge is 0.227 e. The minimum absolute atomic E-state index is 0.804. The average molecular weight is 230 g/mol. The first kappa shape index (κ1) is 10.4. The Bertz CT molecular complexity index is 363. The highest BCUT2D eigenvalue weighted by atomic mass is 28.3. The molecule has 0 heterocycles. The monoisotopic (exact) mass is 230 g/mol. The van der Waals surface area contributed by atoms with Gasteiger partial charge < -0.3 is 4.12 Å². The van der Waals surface area contributed by atoms with Crippen molar-refractivity contribution >= 4 is 29.9 Å². The summed E-state index contributed by atoms with van der Waals surface area (Å²) in [6.07, 6.45) is 0. The third-order valence-electron chi connectivity index (χ3n) is 2.44. The van der Waals surface area contributed by atoms with Gasteiger partial charge in [0.15, 0.2) is 0 Å². The highest BCUT2D eigenvalue weighted by Gasteiger charge is 2.14. The van der Waals surface area contributed by atoms with Gasteiger partial charge in [-0.25, -0.2) is 0 Å². The third-order valence-corrected chi connectivity index (χ3v) is 6.31. The van der Waals surface area contributed by atoms with Gasteiger partial charge in [0.25, 0.3) is 0 Å². The van der Waals surface area contributed by atoms with Crippen LogP contribution in [0.5, 0.6) is 0 Å². The Labute approximate surface area is 95.0 Å². The van der Waals surface area contributed by atoms with Crippen molar-refractivity contribution in [2.45, 2.75) is 0 Å². The molecule has 2 rings (SSSR count). The highest BCUT2D eigenvalue weighted by molar-refractivity contribution is 6.81. The second-order valence-corrected chi connectivity index (χ2v) is 7.42. The maximum absolute atomic E-state index is 5.80. The number of hydrogen-bond acceptors (Lipinski definition) is 1. The van der Waals surface area contributed by atoms with Gasteiger partial charge in [0.2, 0.25) is 9.04 Å². The van der Waals surface area contributed by atoms with Crippen LogP contribution in [0.3, 0.4) is 0 Å². The van der Waals surface area contributed by atoms with E-state index in [1.807, 2.05) is 12.1 Å². The molecule has 15 heavy (non-hydrogen) atoms. The van der Waals surface area contributed by atoms with E-state index in [0.717, 1.165) is 10.5 Å². The molecule has 3 heteroatoms. The van der Waals surface area contributed by atoms with Gasteiger partial charge in [-0.1, -0.05) is 60.7 Å². The van der Waals surface area contributed by atoms with Crippen molar-refractivity contribution in [3.05, 3.63) is 60.7 Å². The molecule has 0 unspecified atom stereocenters. The van der Waals surface area contributed by atoms with E-state index < -0.39 is 9.04 Å². The second-order valence-electron chi connectivity index (χ2n) is 3.44. The van der Waals surface area contributed by atoms with E-state index in [9.17, 15) is 0 Å². The zero-order valence-electron chi connectivity index (χ0n) is 8.76. The molecule has 0 aliphatic rings. The summed E-state index contributed by atoms with van der Waals surface area (Å²) in [4.78, 5) is 0. The van der Waals surface area contributed by atoms with Gasteiger partial charge in [-0.3, -0.25) is 0 Å². The fourth-order valence-electron chi connectivity index (χ4n) is 1.72. The second kappa shape index (κ2) is 5.07. The van der Waals surface area contributed by atoms with Gasteiger partial charge in [0.05, 0.1) is 0 Å². The summed E-state index contributed by atoms with van der Waals surface area (Å²) >= 11 is 0. The summed E-state index contributed by atoms with van der Waals surface area (Å²) in [7, 11) is -0.564. The van der Waals surface area contributed by atoms with Gasteiger partial charge >= 0.3 is 0 Å². The van der Waals surface area contributed by atoms with Gasteiger partial charge in [-0.2, -0.15) is 0 Å². The fourth-order valence-corrected chi connectivity index (χ4v) is 5.43. The van der Waals surface area contributed by atoms with Crippen LogP contribution in [0.15, 0.2) is 60.7 Å². The Morgan fingerprint density at radius 3 is 1.47 bits per heavy atom. The summed E-state index contributed by atoms with van der Waals surface area (Å²) in [5.74, 6) is 0. The van der Waals surface area contributed by atoms with E-state index in [2.05, 4.69) is 48.5 Å². The summed E-state index contributed by atoms with van der Waals surface area (Å²) in [5, 5.41) is 2.72. The lowest BCUT2D eigenvalue weighted by Gasteiger charge is -2.14. The molecule has 0 saturated carbocycles. The van der Waals surface area contributed by atoms with Crippen molar-refractivity contribution in [2.75, 3.05) is 0 Å². The summed E-state index contributed by atoms with van der Waals surface area (Å²) in [5.41, 5.74) is 0. The number of rotatable bonds is 3. The maximum atomic E-state index is 5.80. The van der Waals surface area contributed by atoms with Crippen LogP contribution in [0.4, 0.5) is 0 Å². The minimum Gasteiger partial charge on any atom is -0.459 e. The van der Waals surface area contributed by atoms with Crippen LogP contribution in [-0.4, -0.2) is 19.5 Å². The van der Waals surface area contributed by atoms with Crippen molar-refractivity contribution in [1.29, 1.82) is 0 Å². The molecule has 76 valence electrons. The van der Waals surface area contributed by atoms with E-state index in [0.29, 0.717) is 0 Å². The van der Waals surface area contributed by atoms with Crippen molar-refractivity contribution in [3.63, 3.8) is 0 Å². The lowest BCUT2D eigenvalue weighted by Crippen LogP contribution is -2.44. The molecule has 0 aliphatic heterocycles. The molecule has 0 atom stereocenters. The largest absolute Gasteiger partial charge is 0.459 e. The first-order valence-electron chi connectivity index (χ1n) is 5.04. The lowest BCUT2D eigenvalue weighted by atomic mass is 10.4. The van der Waals surface area contributed by atoms with Crippen LogP contribution in [0.1, 0.15) is 0 Å². The summed E-state index contributed by atoms with van der Waals surface area (Å²) < 4.78 is 5.80. The van der Waals surface area contributed by atoms with Gasteiger partial charge in [0, 0.05) is 0 Å². The van der Waals surface area contributed by atoms with Crippen LogP contribution in [-0.2, 0) is 4.12 Å². The van der Waals surface area contributed by atoms with Gasteiger partial charge in [0.1, 0.15) is 10.5 Å². The molecule has 0 saturated heterocycles. The van der Waals surface area contributed by atoms with E-state index in [4.69, 9.17) is 4.12 Å². The minimum atomic E-state index is -1.37. The van der Waals surface area contributed by atoms with Crippen molar-refractivity contribution in [1.82, 2.24) is 0 Å². The van der Waals surface area contributed by atoms with E-state index in [1.165, 1.54) is 10.4 Å². The number of hydrogen-bond donors (Lipinski definition) is 0. The lowest BCUT2D eigenvalue weighted by molar-refractivity contribution is 0.661. The predicted molar refractivity (Wildman–Crippen MR) is 70.3 cm³/mol. The Hall–Kier alpha value is -1.17. The zero-order valence-corrected chi connectivity index (χ0v) is 11.9. The first-order valence-corrected chi connectivity index (χ1v) is 7.49. The average Bonchev–Trinajstić information content (AvgIpc) is 2.33. The SMILES string of the molecule is [SiH3]O[SiH](c1ccccc1)c1ccccc1. The van der Waals surface area contributed by atoms with E-state index >= 15 is 0 Å². The van der Waals surface area contributed by atoms with E-state index in [-0.39, 0.29) is 0 Å². The first-order chi connectivity index (χ1) is 7.42. The molecule has 0 aliphatic carbocycles. The molecule has 2 aromatic rings. The molecule has 1 nitrogen and oxygen atoms in total. The standard InChI is InChI=1S/C12H14OSi2/c14-13-15(11-7-3-1-4-8-11)12-9-5-2-6-10-12/h1-10,15H,14H3. The molecular formula is C12H14OSi2.